The third kappa shape index (κ3) is 2.26. The van der Waals surface area contributed by atoms with Crippen LogP contribution < -0.4 is 5.73 Å². The summed E-state index contributed by atoms with van der Waals surface area (Å²) in [6, 6.07) is 0. The van der Waals surface area contributed by atoms with Gasteiger partial charge in [-0.2, -0.15) is 0 Å². The van der Waals surface area contributed by atoms with E-state index in [1.54, 1.807) is 0 Å². The molecule has 8 nitrogen and oxygen atoms in total. The maximum absolute atomic E-state index is 10.8. The highest BCUT2D eigenvalue weighted by Gasteiger charge is 2.09. The van der Waals surface area contributed by atoms with E-state index in [4.69, 9.17) is 10.8 Å². The number of imidazole rings is 1. The Kier molecular flexibility index (Phi) is 3.13. The second kappa shape index (κ2) is 4.33. The number of aromatic amines is 1. The van der Waals surface area contributed by atoms with E-state index in [0.29, 0.717) is 0 Å². The van der Waals surface area contributed by atoms with Crippen molar-refractivity contribution in [3.63, 3.8) is 0 Å². The van der Waals surface area contributed by atoms with Crippen molar-refractivity contribution in [1.29, 1.82) is 0 Å². The molecule has 1 aromatic rings. The number of amides is 1. The molecule has 0 aromatic carbocycles. The largest absolute Gasteiger partial charge is 0.375 e. The van der Waals surface area contributed by atoms with Crippen molar-refractivity contribution in [3.8, 4) is 0 Å². The predicted octanol–water partition coefficient (Wildman–Crippen LogP) is -0.611. The van der Waals surface area contributed by atoms with E-state index in [2.05, 4.69) is 20.3 Å². The van der Waals surface area contributed by atoms with Crippen LogP contribution in [-0.4, -0.2) is 39.8 Å². The molecule has 0 saturated carbocycles. The molecule has 0 radical (unpaired) electrons. The number of H-pyrrole nitrogens is 1. The Labute approximate surface area is 79.4 Å². The first-order valence-corrected chi connectivity index (χ1v) is 3.72. The summed E-state index contributed by atoms with van der Waals surface area (Å²) in [5.74, 6) is -0.569. The summed E-state index contributed by atoms with van der Waals surface area (Å²) in [4.78, 5) is 17.0. The Morgan fingerprint density at radius 1 is 1.86 bits per heavy atom. The van der Waals surface area contributed by atoms with Crippen molar-refractivity contribution in [2.45, 2.75) is 0 Å². The SMILES string of the molecule is CN(CO)N=Nc1nc[nH]c1C(N)=O. The summed E-state index contributed by atoms with van der Waals surface area (Å²) in [7, 11) is 1.51. The number of carbonyl (C=O) groups excluding carboxylic acids is 1. The molecule has 0 atom stereocenters. The molecular formula is C6H10N6O2. The van der Waals surface area contributed by atoms with Crippen LogP contribution in [-0.2, 0) is 0 Å². The summed E-state index contributed by atoms with van der Waals surface area (Å²) >= 11 is 0. The van der Waals surface area contributed by atoms with Crippen molar-refractivity contribution in [1.82, 2.24) is 15.0 Å². The van der Waals surface area contributed by atoms with Crippen molar-refractivity contribution in [3.05, 3.63) is 12.0 Å². The topological polar surface area (TPSA) is 120 Å². The van der Waals surface area contributed by atoms with E-state index in [1.165, 1.54) is 18.4 Å². The number of rotatable bonds is 4. The van der Waals surface area contributed by atoms with Crippen LogP contribution in [0.1, 0.15) is 10.5 Å². The van der Waals surface area contributed by atoms with Crippen LogP contribution in [0, 0.1) is 0 Å². The number of hydrogen-bond donors (Lipinski definition) is 3. The van der Waals surface area contributed by atoms with Gasteiger partial charge in [0.2, 0.25) is 5.82 Å². The van der Waals surface area contributed by atoms with Crippen LogP contribution >= 0.6 is 0 Å². The van der Waals surface area contributed by atoms with E-state index in [9.17, 15) is 4.79 Å². The fourth-order valence-corrected chi connectivity index (χ4v) is 0.691. The maximum atomic E-state index is 10.8. The van der Waals surface area contributed by atoms with Crippen LogP contribution in [0.25, 0.3) is 0 Å². The number of carbonyl (C=O) groups is 1. The molecule has 4 N–H and O–H groups in total. The molecule has 1 heterocycles. The standard InChI is InChI=1S/C6H10N6O2/c1-12(3-13)11-10-6-4(5(7)14)8-2-9-6/h2,13H,3H2,1H3,(H2,7,14)(H,8,9). The van der Waals surface area contributed by atoms with Gasteiger partial charge < -0.3 is 15.8 Å². The van der Waals surface area contributed by atoms with E-state index in [-0.39, 0.29) is 18.2 Å². The van der Waals surface area contributed by atoms with Gasteiger partial charge in [-0.05, 0) is 0 Å². The van der Waals surface area contributed by atoms with Gasteiger partial charge in [0, 0.05) is 7.05 Å². The van der Waals surface area contributed by atoms with Gasteiger partial charge in [0.15, 0.2) is 5.69 Å². The first kappa shape index (κ1) is 10.1. The molecule has 14 heavy (non-hydrogen) atoms. The summed E-state index contributed by atoms with van der Waals surface area (Å²) < 4.78 is 0. The lowest BCUT2D eigenvalue weighted by Crippen LogP contribution is -2.12. The van der Waals surface area contributed by atoms with Crippen LogP contribution in [0.5, 0.6) is 0 Å². The number of nitrogens with two attached hydrogens (primary N) is 1. The van der Waals surface area contributed by atoms with Gasteiger partial charge in [-0.3, -0.25) is 9.80 Å². The second-order valence-electron chi connectivity index (χ2n) is 2.45. The van der Waals surface area contributed by atoms with Crippen molar-refractivity contribution in [2.75, 3.05) is 13.8 Å². The Morgan fingerprint density at radius 2 is 2.57 bits per heavy atom. The van der Waals surface area contributed by atoms with Crippen molar-refractivity contribution in [2.24, 2.45) is 16.1 Å². The lowest BCUT2D eigenvalue weighted by molar-refractivity contribution is 0.0996. The molecular weight excluding hydrogens is 188 g/mol. The number of aliphatic hydroxyl groups excluding tert-OH is 1. The normalized spacial score (nSPS) is 10.7. The van der Waals surface area contributed by atoms with Crippen LogP contribution in [0.15, 0.2) is 16.7 Å². The Morgan fingerprint density at radius 3 is 3.14 bits per heavy atom. The lowest BCUT2D eigenvalue weighted by atomic mass is 10.4. The van der Waals surface area contributed by atoms with Gasteiger partial charge in [-0.25, -0.2) is 4.98 Å². The summed E-state index contributed by atoms with van der Waals surface area (Å²) in [5, 5.41) is 16.9. The van der Waals surface area contributed by atoms with Crippen LogP contribution in [0.4, 0.5) is 5.82 Å². The molecule has 0 bridgehead atoms. The zero-order chi connectivity index (χ0) is 10.6. The minimum absolute atomic E-state index is 0.0834. The van der Waals surface area contributed by atoms with Crippen LogP contribution in [0.3, 0.4) is 0 Å². The molecule has 8 heteroatoms. The average Bonchev–Trinajstić information content (AvgIpc) is 2.62. The highest BCUT2D eigenvalue weighted by atomic mass is 16.3. The molecule has 1 amide bonds. The first-order chi connectivity index (χ1) is 6.65. The zero-order valence-electron chi connectivity index (χ0n) is 7.51. The fourth-order valence-electron chi connectivity index (χ4n) is 0.691. The lowest BCUT2D eigenvalue weighted by Gasteiger charge is -2.03. The van der Waals surface area contributed by atoms with Gasteiger partial charge in [-0.1, -0.05) is 5.22 Å². The average molecular weight is 198 g/mol. The number of aromatic nitrogens is 2. The van der Waals surface area contributed by atoms with E-state index in [1.807, 2.05) is 0 Å². The second-order valence-corrected chi connectivity index (χ2v) is 2.45. The third-order valence-corrected chi connectivity index (χ3v) is 1.36. The highest BCUT2D eigenvalue weighted by Crippen LogP contribution is 2.12. The number of aliphatic hydroxyl groups is 1. The van der Waals surface area contributed by atoms with E-state index in [0.717, 1.165) is 0 Å². The molecule has 0 aliphatic heterocycles. The third-order valence-electron chi connectivity index (χ3n) is 1.36. The Bertz CT molecular complexity index is 346. The highest BCUT2D eigenvalue weighted by molar-refractivity contribution is 5.94. The molecule has 1 aromatic heterocycles. The van der Waals surface area contributed by atoms with E-state index < -0.39 is 5.91 Å². The summed E-state index contributed by atoms with van der Waals surface area (Å²) in [6.45, 7) is -0.278. The van der Waals surface area contributed by atoms with Gasteiger partial charge in [-0.15, -0.1) is 5.11 Å². The van der Waals surface area contributed by atoms with Gasteiger partial charge in [0.25, 0.3) is 5.91 Å². The first-order valence-electron chi connectivity index (χ1n) is 3.72. The van der Waals surface area contributed by atoms with Crippen molar-refractivity contribution < 1.29 is 9.90 Å². The van der Waals surface area contributed by atoms with Gasteiger partial charge in [0.1, 0.15) is 6.73 Å². The van der Waals surface area contributed by atoms with Gasteiger partial charge in [0.05, 0.1) is 6.33 Å². The maximum Gasteiger partial charge on any atom is 0.269 e. The molecule has 0 saturated heterocycles. The Hall–Kier alpha value is -1.96. The summed E-state index contributed by atoms with van der Waals surface area (Å²) in [5.41, 5.74) is 5.11. The molecule has 76 valence electrons. The number of hydrogen-bond acceptors (Lipinski definition) is 5. The van der Waals surface area contributed by atoms with Crippen LogP contribution in [0.2, 0.25) is 0 Å². The predicted molar refractivity (Wildman–Crippen MR) is 46.5 cm³/mol. The van der Waals surface area contributed by atoms with Gasteiger partial charge >= 0.3 is 0 Å². The monoisotopic (exact) mass is 198 g/mol. The molecule has 1 rings (SSSR count). The number of nitrogens with zero attached hydrogens (tertiary/aromatic N) is 4. The smallest absolute Gasteiger partial charge is 0.269 e. The van der Waals surface area contributed by atoms with Crippen molar-refractivity contribution >= 4 is 11.7 Å². The molecule has 0 unspecified atom stereocenters. The quantitative estimate of drug-likeness (QED) is 0.339. The molecule has 0 spiro atoms. The minimum Gasteiger partial charge on any atom is -0.375 e. The Balaban J connectivity index is 2.81. The zero-order valence-corrected chi connectivity index (χ0v) is 7.51. The van der Waals surface area contributed by atoms with E-state index >= 15 is 0 Å². The minimum atomic E-state index is -0.664. The summed E-state index contributed by atoms with van der Waals surface area (Å²) in [6.07, 6.45) is 1.29. The molecule has 0 fully saturated rings. The number of primary amides is 1. The molecule has 0 aliphatic rings. The fraction of sp³-hybridized carbons (Fsp3) is 0.333. The number of nitrogens with one attached hydrogen (secondary N) is 1. The molecule has 0 aliphatic carbocycles.